The first-order chi connectivity index (χ1) is 65.7. The summed E-state index contributed by atoms with van der Waals surface area (Å²) in [5.74, 6) is -16.0. The lowest BCUT2D eigenvalue weighted by Crippen LogP contribution is -2.61. The van der Waals surface area contributed by atoms with E-state index in [0.717, 1.165) is 30.1 Å². The predicted octanol–water partition coefficient (Wildman–Crippen LogP) is 15.3. The summed E-state index contributed by atoms with van der Waals surface area (Å²) >= 11 is 0. The monoisotopic (exact) mass is 1990 g/mol. The van der Waals surface area contributed by atoms with Crippen molar-refractivity contribution in [3.8, 4) is 0 Å². The average Bonchev–Trinajstić information content (AvgIpc) is 0.776. The molecule has 0 spiro atoms. The van der Waals surface area contributed by atoms with Gasteiger partial charge in [-0.3, -0.25) is 38.4 Å². The fraction of sp³-hybridized carbons (Fsp3) is 0.757. The van der Waals surface area contributed by atoms with Gasteiger partial charge in [0.25, 0.3) is 23.4 Å². The Bertz CT molecular complexity index is 4310. The molecule has 784 valence electrons. The Kier molecular flexibility index (Phi) is 51.6. The SMILES string of the molecule is CC[P+](C)=O.CO[C@H]1C[C@@H]2CC[C@@H](C)[C@@](O)(O2)C(=O)C(=O)N2CCCC[C@H]2C(=O)OC([C@H](C)C[C@@H]2CCC(O)[C@H](OC)C2)CC(=O)[C@H](C)/C=C(\C)[C@@H](O)[C@@H](OC)C(=O)[C@H](C)C[C@H](C)/C=C/C=CC=C1C.CO[C@H]1C[C@@H]2CC[C@@H](C)[C@@](O)(O2)C(=O)C(=O)N2CCCC[C@H]2C(=O)OC([C@H](C)C[C@@H]2CCC(OC[P+](C)=O)[C@H](OC)C2)CC(=O)[C@H](C)/C=C(\C)[C@@H](O)[C@@H](OC)C(=O)[C@H](C)C[C@H](C)/C=C/C=CC=C1C. The smallest absolute Gasteiger partial charge is 0.363 e. The van der Waals surface area contributed by atoms with E-state index < -0.39 is 177 Å². The number of hydrogen-bond acceptors (Lipinski definition) is 28. The minimum absolute atomic E-state index is 0.0133. The van der Waals surface area contributed by atoms with E-state index in [2.05, 4.69) is 0 Å². The van der Waals surface area contributed by atoms with Gasteiger partial charge in [0.1, 0.15) is 79.8 Å². The number of carbonyl (C=O) groups is 10. The van der Waals surface area contributed by atoms with Crippen molar-refractivity contribution in [1.82, 2.24) is 9.80 Å². The molecule has 4 saturated heterocycles. The number of methoxy groups -OCH3 is 6. The van der Waals surface area contributed by atoms with Crippen molar-refractivity contribution in [2.75, 3.05) is 81.6 Å². The molecule has 32 atom stereocenters. The number of cyclic esters (lactones) is 2. The summed E-state index contributed by atoms with van der Waals surface area (Å²) < 4.78 is 86.8. The number of esters is 2. The zero-order valence-corrected chi connectivity index (χ0v) is 89.1. The minimum Gasteiger partial charge on any atom is -0.460 e. The second-order valence-corrected chi connectivity index (χ2v) is 44.4. The Morgan fingerprint density at radius 3 is 1.21 bits per heavy atom. The first-order valence-corrected chi connectivity index (χ1v) is 54.5. The van der Waals surface area contributed by atoms with E-state index in [1.54, 1.807) is 95.5 Å². The zero-order valence-electron chi connectivity index (χ0n) is 87.3. The van der Waals surface area contributed by atoms with Gasteiger partial charge in [-0.05, 0) is 221 Å². The Morgan fingerprint density at radius 1 is 0.453 bits per heavy atom. The van der Waals surface area contributed by atoms with Crippen LogP contribution in [-0.4, -0.2) is 284 Å². The lowest BCUT2D eigenvalue weighted by molar-refractivity contribution is -0.265. The highest BCUT2D eigenvalue weighted by Crippen LogP contribution is 2.43. The molecule has 6 unspecified atom stereocenters. The molecular weight excluding hydrogens is 1820 g/mol. The van der Waals surface area contributed by atoms with Gasteiger partial charge in [-0.2, -0.15) is 0 Å². The van der Waals surface area contributed by atoms with Crippen molar-refractivity contribution in [1.29, 1.82) is 0 Å². The van der Waals surface area contributed by atoms with Gasteiger partial charge in [-0.1, -0.05) is 151 Å². The number of nitrogens with zero attached hydrogens (tertiary/aromatic N) is 2. The molecule has 2 aliphatic carbocycles. The van der Waals surface area contributed by atoms with Crippen molar-refractivity contribution in [2.45, 2.75) is 367 Å². The predicted molar refractivity (Wildman–Crippen MR) is 532 cm³/mol. The lowest BCUT2D eigenvalue weighted by atomic mass is 9.78. The molecule has 8 aliphatic rings. The van der Waals surface area contributed by atoms with Crippen molar-refractivity contribution in [3.63, 3.8) is 0 Å². The van der Waals surface area contributed by atoms with E-state index in [-0.39, 0.29) is 122 Å². The minimum atomic E-state index is -2.44. The van der Waals surface area contributed by atoms with Gasteiger partial charge in [-0.15, -0.1) is 0 Å². The number of hydrogen-bond donors (Lipinski definition) is 5. The number of aliphatic hydroxyl groups excluding tert-OH is 3. The number of amides is 2. The maximum absolute atomic E-state index is 14.5. The molecule has 2 saturated carbocycles. The molecule has 6 aliphatic heterocycles. The Hall–Kier alpha value is -6.54. The van der Waals surface area contributed by atoms with Crippen molar-refractivity contribution in [2.24, 2.45) is 71.0 Å². The standard InChI is InChI=1S/C53H83NO14P.C51H79NO13.C3H8OP/c1-32-17-13-12-14-18-33(2)44(63-8)29-40-22-20-38(7)53(61,68-40)50(58)51(59)54-24-16-15-19-41(54)52(60)67-45(35(4)27-39-21-23-43(46(28-39)64-9)66-31-69(11)62)30-42(55)34(3)26-37(6)48(57)49(65-10)47(56)36(5)25-32;1-30-16-12-11-13-17-31(2)42(61-8)28-38-21-19-36(7)51(60,65-38)48(57)49(58)52-23-15-14-18-39(52)50(59)64-43(33(4)26-37-20-22-40(53)44(27-37)62-9)29-41(54)32(3)25-35(6)46(56)47(63-10)45(55)34(5)24-30;1-3-5(2)4/h12-14,17-18,26,32,34-36,38-41,43-46,48-49,57,61H,15-16,19-25,27-31H2,1-11H3;11-13,16-17,25,30,32-34,36-40,42-44,46-47,53,56,60H,14-15,18-24,26-29H2,1-10H3;3H2,1-2H3/q+1;;+1/b14-12?,17-13+,33-18?,37-26+;13-11?,16-12+,31-17?,35-25+;/t32-,34-,35-,36-,38-,39+,40+,41+,43?,44+,45?,46-,48-,49+,53-;30-,32-,33-,34-,36-,37+,38+,39+,40?,42+,43?,44-,46-,47+,51-;/m11./s1. The van der Waals surface area contributed by atoms with Crippen LogP contribution in [0.3, 0.4) is 0 Å². The Balaban J connectivity index is 0.000000407. The zero-order chi connectivity index (χ0) is 104. The van der Waals surface area contributed by atoms with Gasteiger partial charge in [0.05, 0.1) is 48.8 Å². The van der Waals surface area contributed by atoms with Crippen LogP contribution in [0.25, 0.3) is 0 Å². The number of Topliss-reactive ketones (excluding diaryl/α,β-unsaturated/α-hetero) is 6. The van der Waals surface area contributed by atoms with Gasteiger partial charge in [0.15, 0.2) is 11.6 Å². The van der Waals surface area contributed by atoms with Crippen LogP contribution in [0.5, 0.6) is 0 Å². The van der Waals surface area contributed by atoms with Gasteiger partial charge in [0, 0.05) is 117 Å². The number of aliphatic hydroxyl groups is 5. The lowest BCUT2D eigenvalue weighted by Gasteiger charge is -2.42. The van der Waals surface area contributed by atoms with Crippen molar-refractivity contribution >= 4 is 74.1 Å². The van der Waals surface area contributed by atoms with E-state index in [1.807, 2.05) is 123 Å². The summed E-state index contributed by atoms with van der Waals surface area (Å²) in [5.41, 5.74) is 2.53. The third kappa shape index (κ3) is 35.7. The van der Waals surface area contributed by atoms with Crippen LogP contribution in [0.15, 0.2) is 95.2 Å². The molecule has 0 aromatic carbocycles. The Labute approximate surface area is 829 Å². The second-order valence-electron chi connectivity index (χ2n) is 41.0. The maximum Gasteiger partial charge on any atom is 0.363 e. The highest BCUT2D eigenvalue weighted by atomic mass is 31.1. The van der Waals surface area contributed by atoms with Gasteiger partial charge in [-0.25, -0.2) is 9.59 Å². The Morgan fingerprint density at radius 2 is 0.842 bits per heavy atom. The highest BCUT2D eigenvalue weighted by molar-refractivity contribution is 7.43. The summed E-state index contributed by atoms with van der Waals surface area (Å²) in [5, 5.41) is 57.3. The molecule has 4 bridgehead atoms. The molecule has 32 heteroatoms. The molecule has 2 amide bonds. The van der Waals surface area contributed by atoms with E-state index in [1.165, 1.54) is 24.0 Å². The highest BCUT2D eigenvalue weighted by Gasteiger charge is 2.56. The molecule has 6 heterocycles. The van der Waals surface area contributed by atoms with Crippen LogP contribution in [-0.2, 0) is 109 Å². The number of piperidine rings is 2. The summed E-state index contributed by atoms with van der Waals surface area (Å²) in [6, 6.07) is -2.29. The molecule has 0 radical (unpaired) electrons. The van der Waals surface area contributed by atoms with Crippen molar-refractivity contribution in [3.05, 3.63) is 95.2 Å². The number of rotatable bonds is 16. The van der Waals surface area contributed by atoms with E-state index in [0.29, 0.717) is 127 Å². The quantitative estimate of drug-likeness (QED) is 0.0415. The van der Waals surface area contributed by atoms with Gasteiger partial charge in [0.2, 0.25) is 17.9 Å². The number of ether oxygens (including phenoxy) is 11. The molecule has 5 N–H and O–H groups in total. The molecule has 6 fully saturated rings. The van der Waals surface area contributed by atoms with Crippen LogP contribution in [0.2, 0.25) is 0 Å². The number of allylic oxidation sites excluding steroid dienone is 12. The molecule has 139 heavy (non-hydrogen) atoms. The summed E-state index contributed by atoms with van der Waals surface area (Å²) in [6.07, 6.45) is 23.9. The van der Waals surface area contributed by atoms with E-state index in [4.69, 9.17) is 52.1 Å². The third-order valence-electron chi connectivity index (χ3n) is 29.8. The summed E-state index contributed by atoms with van der Waals surface area (Å²) in [6.45, 7) is 30.8. The van der Waals surface area contributed by atoms with Crippen LogP contribution >= 0.6 is 15.6 Å². The number of fused-ring (bicyclic) bond motifs is 6. The molecular formula is C107H170N2O28P2+2. The molecule has 0 aromatic heterocycles. The van der Waals surface area contributed by atoms with E-state index in [9.17, 15) is 82.6 Å². The van der Waals surface area contributed by atoms with Crippen LogP contribution in [0.4, 0.5) is 0 Å². The molecule has 30 nitrogen and oxygen atoms in total. The van der Waals surface area contributed by atoms with Gasteiger partial charge < -0.3 is 87.4 Å². The second kappa shape index (κ2) is 59.2. The van der Waals surface area contributed by atoms with Gasteiger partial charge >= 0.3 is 27.5 Å². The third-order valence-corrected chi connectivity index (χ3v) is 31.3. The topological polar surface area (TPSA) is 414 Å². The number of ketones is 6. The first kappa shape index (κ1) is 121. The van der Waals surface area contributed by atoms with Crippen LogP contribution < -0.4 is 0 Å². The first-order valence-electron chi connectivity index (χ1n) is 50.7. The molecule has 0 aromatic rings. The average molecular weight is 1990 g/mol. The summed E-state index contributed by atoms with van der Waals surface area (Å²) in [7, 11) is 6.77. The van der Waals surface area contributed by atoms with Crippen molar-refractivity contribution < 1.29 is 135 Å². The largest absolute Gasteiger partial charge is 0.460 e. The number of carbonyl (C=O) groups excluding carboxylic acids is 10. The fourth-order valence-electron chi connectivity index (χ4n) is 20.6. The maximum atomic E-state index is 14.5. The van der Waals surface area contributed by atoms with Crippen LogP contribution in [0.1, 0.15) is 258 Å². The van der Waals surface area contributed by atoms with Crippen LogP contribution in [0, 0.1) is 71.0 Å². The normalized spacial score (nSPS) is 37.4. The van der Waals surface area contributed by atoms with E-state index >= 15 is 0 Å². The molecule has 8 rings (SSSR count). The fourth-order valence-corrected chi connectivity index (χ4v) is 21.0. The summed E-state index contributed by atoms with van der Waals surface area (Å²) in [4.78, 5) is 144.